The average Bonchev–Trinajstić information content (AvgIpc) is 2.48. The highest BCUT2D eigenvalue weighted by Crippen LogP contribution is 2.34. The third kappa shape index (κ3) is 2.30. The molecule has 1 aromatic carbocycles. The molecule has 1 aliphatic rings. The van der Waals surface area contributed by atoms with Crippen molar-refractivity contribution >= 4 is 21.9 Å². The Hall–Kier alpha value is -1.62. The Morgan fingerprint density at radius 3 is 2.53 bits per heavy atom. The molecule has 1 aromatic rings. The molecule has 0 radical (unpaired) electrons. The second-order valence-electron chi connectivity index (χ2n) is 5.50. The van der Waals surface area contributed by atoms with Crippen LogP contribution in [-0.2, 0) is 21.1 Å². The predicted molar refractivity (Wildman–Crippen MR) is 72.4 cm³/mol. The molecule has 1 N–H and O–H groups in total. The fraction of sp³-hybridized carbons (Fsp3) is 0.357. The molecular weight excluding hydrogens is 264 g/mol. The smallest absolute Gasteiger partial charge is 0.309 e. The summed E-state index contributed by atoms with van der Waals surface area (Å²) in [4.78, 5) is 11.7. The Labute approximate surface area is 112 Å². The number of rotatable bonds is 3. The van der Waals surface area contributed by atoms with Gasteiger partial charge in [0.25, 0.3) is 0 Å². The number of hydrogen-bond donors (Lipinski definition) is 1. The number of fused-ring (bicyclic) bond motifs is 1. The lowest BCUT2D eigenvalue weighted by Gasteiger charge is -2.19. The summed E-state index contributed by atoms with van der Waals surface area (Å²) >= 11 is 0. The van der Waals surface area contributed by atoms with Crippen LogP contribution in [0.2, 0.25) is 0 Å². The van der Waals surface area contributed by atoms with Crippen molar-refractivity contribution in [2.24, 2.45) is 5.41 Å². The van der Waals surface area contributed by atoms with Crippen LogP contribution in [-0.4, -0.2) is 19.5 Å². The number of sulfone groups is 1. The summed E-state index contributed by atoms with van der Waals surface area (Å²) in [6.45, 7) is 4.87. The van der Waals surface area contributed by atoms with Crippen LogP contribution in [0, 0.1) is 5.41 Å². The highest BCUT2D eigenvalue weighted by Gasteiger charge is 2.30. The number of allylic oxidation sites excluding steroid dienone is 1. The first-order valence-electron chi connectivity index (χ1n) is 5.94. The zero-order valence-corrected chi connectivity index (χ0v) is 11.9. The molecule has 0 aliphatic carbocycles. The maximum Gasteiger partial charge on any atom is 0.309 e. The van der Waals surface area contributed by atoms with Crippen LogP contribution < -0.4 is 0 Å². The minimum Gasteiger partial charge on any atom is -0.481 e. The van der Waals surface area contributed by atoms with Gasteiger partial charge in [0.15, 0.2) is 0 Å². The van der Waals surface area contributed by atoms with E-state index in [-0.39, 0.29) is 0 Å². The van der Waals surface area contributed by atoms with Gasteiger partial charge in [-0.15, -0.1) is 0 Å². The van der Waals surface area contributed by atoms with Gasteiger partial charge < -0.3 is 5.11 Å². The number of carbonyl (C=O) groups is 1. The fourth-order valence-corrected chi connectivity index (χ4v) is 3.43. The highest BCUT2D eigenvalue weighted by molar-refractivity contribution is 7.95. The fourth-order valence-electron chi connectivity index (χ4n) is 2.12. The summed E-state index contributed by atoms with van der Waals surface area (Å²) in [5.41, 5.74) is 0.605. The summed E-state index contributed by atoms with van der Waals surface area (Å²) in [7, 11) is -3.32. The normalized spacial score (nSPS) is 16.9. The maximum absolute atomic E-state index is 11.9. The molecule has 19 heavy (non-hydrogen) atoms. The van der Waals surface area contributed by atoms with E-state index in [0.717, 1.165) is 5.56 Å². The van der Waals surface area contributed by atoms with Crippen molar-refractivity contribution in [3.05, 3.63) is 34.2 Å². The van der Waals surface area contributed by atoms with E-state index in [1.165, 1.54) is 0 Å². The molecule has 0 atom stereocenters. The lowest BCUT2D eigenvalue weighted by Crippen LogP contribution is -2.26. The topological polar surface area (TPSA) is 71.4 Å². The van der Waals surface area contributed by atoms with Gasteiger partial charge in [-0.25, -0.2) is 8.42 Å². The molecule has 1 aliphatic heterocycles. The van der Waals surface area contributed by atoms with Gasteiger partial charge in [0.2, 0.25) is 9.84 Å². The molecule has 0 saturated carbocycles. The third-order valence-electron chi connectivity index (χ3n) is 3.37. The summed E-state index contributed by atoms with van der Waals surface area (Å²) in [6, 6.07) is 5.01. The molecule has 5 heteroatoms. The number of benzene rings is 1. The van der Waals surface area contributed by atoms with Crippen molar-refractivity contribution in [2.75, 3.05) is 0 Å². The Morgan fingerprint density at radius 1 is 1.32 bits per heavy atom. The monoisotopic (exact) mass is 280 g/mol. The minimum absolute atomic E-state index is 0.307. The molecule has 4 nitrogen and oxygen atoms in total. The number of hydrogen-bond acceptors (Lipinski definition) is 3. The quantitative estimate of drug-likeness (QED) is 0.923. The molecule has 0 saturated heterocycles. The van der Waals surface area contributed by atoms with Crippen LogP contribution in [0.4, 0.5) is 0 Å². The molecule has 0 unspecified atom stereocenters. The maximum atomic E-state index is 11.9. The van der Waals surface area contributed by atoms with Gasteiger partial charge in [-0.3, -0.25) is 4.79 Å². The average molecular weight is 280 g/mol. The van der Waals surface area contributed by atoms with E-state index >= 15 is 0 Å². The molecule has 2 rings (SSSR count). The van der Waals surface area contributed by atoms with Gasteiger partial charge >= 0.3 is 5.97 Å². The van der Waals surface area contributed by atoms with E-state index in [9.17, 15) is 13.2 Å². The summed E-state index contributed by atoms with van der Waals surface area (Å²) in [5.74, 6) is -0.868. The van der Waals surface area contributed by atoms with Crippen molar-refractivity contribution in [3.8, 4) is 0 Å². The van der Waals surface area contributed by atoms with Crippen molar-refractivity contribution in [1.29, 1.82) is 0 Å². The molecular formula is C14H16O4S. The predicted octanol–water partition coefficient (Wildman–Crippen LogP) is 2.49. The molecule has 102 valence electrons. The van der Waals surface area contributed by atoms with Crippen LogP contribution >= 0.6 is 0 Å². The van der Waals surface area contributed by atoms with Gasteiger partial charge in [0, 0.05) is 4.91 Å². The standard InChI is InChI=1S/C14H16O4S/c1-9-6-11-7-10(8-14(2,3)13(15)16)4-5-12(11)19(9,17)18/h4-7H,8H2,1-3H3,(H,15,16). The van der Waals surface area contributed by atoms with E-state index in [2.05, 4.69) is 0 Å². The van der Waals surface area contributed by atoms with E-state index in [1.807, 2.05) is 0 Å². The molecule has 0 spiro atoms. The van der Waals surface area contributed by atoms with Crippen LogP contribution in [0.15, 0.2) is 28.0 Å². The number of aliphatic carboxylic acids is 1. The first-order chi connectivity index (χ1) is 8.64. The molecule has 0 aromatic heterocycles. The molecule has 0 amide bonds. The summed E-state index contributed by atoms with van der Waals surface area (Å²) in [6.07, 6.45) is 1.99. The van der Waals surface area contributed by atoms with Crippen molar-refractivity contribution in [2.45, 2.75) is 32.1 Å². The van der Waals surface area contributed by atoms with Crippen LogP contribution in [0.25, 0.3) is 6.08 Å². The van der Waals surface area contributed by atoms with Crippen molar-refractivity contribution < 1.29 is 18.3 Å². The van der Waals surface area contributed by atoms with Gasteiger partial charge in [-0.05, 0) is 50.5 Å². The van der Waals surface area contributed by atoms with Crippen LogP contribution in [0.1, 0.15) is 31.9 Å². The lowest BCUT2D eigenvalue weighted by atomic mass is 9.85. The Balaban J connectivity index is 2.40. The summed E-state index contributed by atoms with van der Waals surface area (Å²) in [5, 5.41) is 9.11. The highest BCUT2D eigenvalue weighted by atomic mass is 32.2. The molecule has 1 heterocycles. The summed E-state index contributed by atoms with van der Waals surface area (Å²) < 4.78 is 23.9. The Bertz CT molecular complexity index is 681. The van der Waals surface area contributed by atoms with E-state index in [4.69, 9.17) is 5.11 Å². The third-order valence-corrected chi connectivity index (χ3v) is 5.29. The Kier molecular flexibility index (Phi) is 3.05. The second kappa shape index (κ2) is 4.20. The minimum atomic E-state index is -3.32. The zero-order valence-electron chi connectivity index (χ0n) is 11.1. The van der Waals surface area contributed by atoms with Gasteiger partial charge in [-0.2, -0.15) is 0 Å². The van der Waals surface area contributed by atoms with Gasteiger partial charge in [-0.1, -0.05) is 12.1 Å². The number of carboxylic acids is 1. The Morgan fingerprint density at radius 2 is 1.95 bits per heavy atom. The largest absolute Gasteiger partial charge is 0.481 e. The SMILES string of the molecule is CC1=Cc2cc(CC(C)(C)C(=O)O)ccc2S1(=O)=O. The number of carboxylic acid groups (broad SMARTS) is 1. The first kappa shape index (κ1) is 13.8. The van der Waals surface area contributed by atoms with Gasteiger partial charge in [0.1, 0.15) is 0 Å². The molecule has 0 fully saturated rings. The zero-order chi connectivity index (χ0) is 14.4. The van der Waals surface area contributed by atoms with Gasteiger partial charge in [0.05, 0.1) is 10.3 Å². The van der Waals surface area contributed by atoms with Crippen LogP contribution in [0.5, 0.6) is 0 Å². The molecule has 0 bridgehead atoms. The van der Waals surface area contributed by atoms with Crippen molar-refractivity contribution in [3.63, 3.8) is 0 Å². The lowest BCUT2D eigenvalue weighted by molar-refractivity contribution is -0.146. The van der Waals surface area contributed by atoms with Crippen molar-refractivity contribution in [1.82, 2.24) is 0 Å². The van der Waals surface area contributed by atoms with E-state index in [0.29, 0.717) is 21.8 Å². The van der Waals surface area contributed by atoms with Crippen LogP contribution in [0.3, 0.4) is 0 Å². The van der Waals surface area contributed by atoms with E-state index < -0.39 is 21.2 Å². The first-order valence-corrected chi connectivity index (χ1v) is 7.42. The second-order valence-corrected chi connectivity index (χ2v) is 7.59. The van der Waals surface area contributed by atoms with E-state index in [1.54, 1.807) is 45.0 Å².